The van der Waals surface area contributed by atoms with Gasteiger partial charge in [0.2, 0.25) is 0 Å². The molecular formula is C15H12BrF3. The molecule has 0 bridgehead atoms. The monoisotopic (exact) mass is 328 g/mol. The van der Waals surface area contributed by atoms with Crippen LogP contribution in [0.2, 0.25) is 0 Å². The van der Waals surface area contributed by atoms with Gasteiger partial charge in [-0.2, -0.15) is 0 Å². The lowest BCUT2D eigenvalue weighted by atomic mass is 10.00. The predicted octanol–water partition coefficient (Wildman–Crippen LogP) is 5.21. The first-order valence-corrected chi connectivity index (χ1v) is 6.66. The normalized spacial score (nSPS) is 12.5. The van der Waals surface area contributed by atoms with Crippen LogP contribution in [0.25, 0.3) is 0 Å². The molecule has 0 spiro atoms. The van der Waals surface area contributed by atoms with Crippen molar-refractivity contribution in [2.24, 2.45) is 0 Å². The molecule has 2 aromatic rings. The van der Waals surface area contributed by atoms with Crippen molar-refractivity contribution in [1.29, 1.82) is 0 Å². The number of aryl methyl sites for hydroxylation is 2. The van der Waals surface area contributed by atoms with Gasteiger partial charge in [0.1, 0.15) is 17.5 Å². The zero-order valence-electron chi connectivity index (χ0n) is 10.5. The van der Waals surface area contributed by atoms with E-state index in [2.05, 4.69) is 15.9 Å². The Labute approximate surface area is 118 Å². The van der Waals surface area contributed by atoms with Crippen LogP contribution in [0.1, 0.15) is 27.1 Å². The molecule has 19 heavy (non-hydrogen) atoms. The maximum Gasteiger partial charge on any atom is 0.133 e. The van der Waals surface area contributed by atoms with Crippen molar-refractivity contribution in [2.75, 3.05) is 0 Å². The summed E-state index contributed by atoms with van der Waals surface area (Å²) in [5.41, 5.74) is 2.57. The average molecular weight is 329 g/mol. The van der Waals surface area contributed by atoms with E-state index < -0.39 is 22.3 Å². The Morgan fingerprint density at radius 3 is 1.79 bits per heavy atom. The second-order valence-corrected chi connectivity index (χ2v) is 5.48. The van der Waals surface area contributed by atoms with Crippen molar-refractivity contribution in [3.63, 3.8) is 0 Å². The number of benzene rings is 2. The number of hydrogen-bond donors (Lipinski definition) is 0. The zero-order valence-corrected chi connectivity index (χ0v) is 12.1. The third kappa shape index (κ3) is 3.00. The largest absolute Gasteiger partial charge is 0.207 e. The van der Waals surface area contributed by atoms with Crippen LogP contribution in [-0.4, -0.2) is 0 Å². The second-order valence-electron chi connectivity index (χ2n) is 4.57. The fourth-order valence-electron chi connectivity index (χ4n) is 2.12. The number of halogens is 4. The van der Waals surface area contributed by atoms with Crippen LogP contribution in [0.3, 0.4) is 0 Å². The van der Waals surface area contributed by atoms with E-state index in [9.17, 15) is 13.2 Å². The van der Waals surface area contributed by atoms with Gasteiger partial charge in [0.05, 0.1) is 4.83 Å². The molecule has 0 aliphatic rings. The maximum atomic E-state index is 13.7. The predicted molar refractivity (Wildman–Crippen MR) is 73.0 cm³/mol. The summed E-state index contributed by atoms with van der Waals surface area (Å²) in [6.07, 6.45) is 0. The first kappa shape index (κ1) is 14.1. The minimum atomic E-state index is -0.918. The van der Waals surface area contributed by atoms with E-state index in [0.717, 1.165) is 16.7 Å². The van der Waals surface area contributed by atoms with Gasteiger partial charge in [-0.05, 0) is 19.4 Å². The second kappa shape index (κ2) is 5.37. The zero-order chi connectivity index (χ0) is 14.2. The molecule has 0 aliphatic carbocycles. The minimum Gasteiger partial charge on any atom is -0.207 e. The Balaban J connectivity index is 2.52. The summed E-state index contributed by atoms with van der Waals surface area (Å²) in [4.78, 5) is -0.647. The number of rotatable bonds is 2. The van der Waals surface area contributed by atoms with E-state index in [1.54, 1.807) is 0 Å². The van der Waals surface area contributed by atoms with E-state index in [1.165, 1.54) is 0 Å². The lowest BCUT2D eigenvalue weighted by Crippen LogP contribution is -2.02. The summed E-state index contributed by atoms with van der Waals surface area (Å²) in [6, 6.07) is 7.04. The van der Waals surface area contributed by atoms with E-state index in [4.69, 9.17) is 0 Å². The van der Waals surface area contributed by atoms with Crippen molar-refractivity contribution >= 4 is 15.9 Å². The minimum absolute atomic E-state index is 0.175. The fourth-order valence-corrected chi connectivity index (χ4v) is 2.82. The molecule has 0 saturated heterocycles. The van der Waals surface area contributed by atoms with E-state index >= 15 is 0 Å². The van der Waals surface area contributed by atoms with Crippen LogP contribution in [0.5, 0.6) is 0 Å². The molecule has 0 aromatic heterocycles. The topological polar surface area (TPSA) is 0 Å². The van der Waals surface area contributed by atoms with Crippen molar-refractivity contribution in [2.45, 2.75) is 18.7 Å². The van der Waals surface area contributed by atoms with Gasteiger partial charge in [-0.3, -0.25) is 0 Å². The van der Waals surface area contributed by atoms with Gasteiger partial charge < -0.3 is 0 Å². The summed E-state index contributed by atoms with van der Waals surface area (Å²) in [5, 5.41) is 0. The Kier molecular flexibility index (Phi) is 3.99. The third-order valence-corrected chi connectivity index (χ3v) is 3.82. The lowest BCUT2D eigenvalue weighted by molar-refractivity contribution is 0.527. The van der Waals surface area contributed by atoms with Crippen LogP contribution in [0.4, 0.5) is 13.2 Å². The standard InChI is InChI=1S/C15H12BrF3/c1-8-3-9(2)5-10(4-8)15(16)14-12(18)6-11(17)7-13(14)19/h3-7,15H,1-2H3. The molecule has 100 valence electrons. The molecule has 1 atom stereocenters. The van der Waals surface area contributed by atoms with E-state index in [1.807, 2.05) is 32.0 Å². The summed E-state index contributed by atoms with van der Waals surface area (Å²) in [5.74, 6) is -2.70. The summed E-state index contributed by atoms with van der Waals surface area (Å²) in [7, 11) is 0. The van der Waals surface area contributed by atoms with Gasteiger partial charge >= 0.3 is 0 Å². The number of hydrogen-bond acceptors (Lipinski definition) is 0. The van der Waals surface area contributed by atoms with Crippen LogP contribution < -0.4 is 0 Å². The van der Waals surface area contributed by atoms with Gasteiger partial charge in [-0.25, -0.2) is 13.2 Å². The van der Waals surface area contributed by atoms with Gasteiger partial charge in [0.25, 0.3) is 0 Å². The van der Waals surface area contributed by atoms with E-state index in [0.29, 0.717) is 12.1 Å². The molecule has 0 amide bonds. The average Bonchev–Trinajstić information content (AvgIpc) is 2.25. The van der Waals surface area contributed by atoms with E-state index in [-0.39, 0.29) is 5.56 Å². The highest BCUT2D eigenvalue weighted by molar-refractivity contribution is 9.09. The smallest absolute Gasteiger partial charge is 0.133 e. The van der Waals surface area contributed by atoms with Crippen molar-refractivity contribution in [3.8, 4) is 0 Å². The Bertz CT molecular complexity index is 580. The molecular weight excluding hydrogens is 317 g/mol. The first-order valence-electron chi connectivity index (χ1n) is 5.75. The lowest BCUT2D eigenvalue weighted by Gasteiger charge is -2.14. The fraction of sp³-hybridized carbons (Fsp3) is 0.200. The van der Waals surface area contributed by atoms with Crippen molar-refractivity contribution in [3.05, 3.63) is 70.0 Å². The molecule has 2 aromatic carbocycles. The van der Waals surface area contributed by atoms with Gasteiger partial charge in [-0.1, -0.05) is 45.3 Å². The molecule has 0 N–H and O–H groups in total. The SMILES string of the molecule is Cc1cc(C)cc(C(Br)c2c(F)cc(F)cc2F)c1. The van der Waals surface area contributed by atoms with Crippen molar-refractivity contribution in [1.82, 2.24) is 0 Å². The molecule has 2 rings (SSSR count). The molecule has 4 heteroatoms. The van der Waals surface area contributed by atoms with Crippen LogP contribution in [0, 0.1) is 31.3 Å². The number of alkyl halides is 1. The third-order valence-electron chi connectivity index (χ3n) is 2.83. The highest BCUT2D eigenvalue weighted by atomic mass is 79.9. The maximum absolute atomic E-state index is 13.7. The van der Waals surface area contributed by atoms with Gasteiger partial charge in [-0.15, -0.1) is 0 Å². The van der Waals surface area contributed by atoms with Gasteiger partial charge in [0.15, 0.2) is 0 Å². The van der Waals surface area contributed by atoms with Crippen LogP contribution in [0.15, 0.2) is 30.3 Å². The molecule has 0 heterocycles. The summed E-state index contributed by atoms with van der Waals surface area (Å²) < 4.78 is 40.4. The Morgan fingerprint density at radius 2 is 1.32 bits per heavy atom. The molecule has 1 unspecified atom stereocenters. The Morgan fingerprint density at radius 1 is 0.842 bits per heavy atom. The quantitative estimate of drug-likeness (QED) is 0.664. The molecule has 0 nitrogen and oxygen atoms in total. The van der Waals surface area contributed by atoms with Crippen LogP contribution >= 0.6 is 15.9 Å². The van der Waals surface area contributed by atoms with Crippen molar-refractivity contribution < 1.29 is 13.2 Å². The summed E-state index contributed by atoms with van der Waals surface area (Å²) >= 11 is 3.29. The molecule has 0 fully saturated rings. The Hall–Kier alpha value is -1.29. The summed E-state index contributed by atoms with van der Waals surface area (Å²) in [6.45, 7) is 3.82. The highest BCUT2D eigenvalue weighted by Crippen LogP contribution is 2.35. The molecule has 0 saturated carbocycles. The molecule has 0 aliphatic heterocycles. The highest BCUT2D eigenvalue weighted by Gasteiger charge is 2.21. The first-order chi connectivity index (χ1) is 8.88. The van der Waals surface area contributed by atoms with Gasteiger partial charge in [0, 0.05) is 17.7 Å². The molecule has 0 radical (unpaired) electrons. The van der Waals surface area contributed by atoms with Crippen LogP contribution in [-0.2, 0) is 0 Å².